The molecule has 1 atom stereocenters. The van der Waals surface area contributed by atoms with Gasteiger partial charge in [0.2, 0.25) is 12.2 Å². The van der Waals surface area contributed by atoms with Crippen LogP contribution in [0, 0.1) is 5.41 Å². The van der Waals surface area contributed by atoms with Crippen LogP contribution in [0.4, 0.5) is 0 Å². The maximum atomic E-state index is 5.29. The lowest BCUT2D eigenvalue weighted by Crippen LogP contribution is -2.20. The number of benzene rings is 1. The first-order chi connectivity index (χ1) is 14.5. The summed E-state index contributed by atoms with van der Waals surface area (Å²) in [6.07, 6.45) is 6.67. The van der Waals surface area contributed by atoms with Gasteiger partial charge in [0, 0.05) is 35.1 Å². The van der Waals surface area contributed by atoms with Crippen LogP contribution in [-0.2, 0) is 0 Å². The number of ether oxygens (including phenoxy) is 1. The molecule has 0 saturated carbocycles. The topological polar surface area (TPSA) is 73.9 Å². The van der Waals surface area contributed by atoms with E-state index in [2.05, 4.69) is 60.2 Å². The molecule has 0 fully saturated rings. The van der Waals surface area contributed by atoms with Gasteiger partial charge in [0.25, 0.3) is 0 Å². The molecule has 0 spiro atoms. The van der Waals surface area contributed by atoms with E-state index in [0.717, 1.165) is 28.1 Å². The number of pyridine rings is 2. The van der Waals surface area contributed by atoms with Crippen LogP contribution in [0.15, 0.2) is 72.0 Å². The molecule has 0 bridgehead atoms. The van der Waals surface area contributed by atoms with Crippen LogP contribution in [0.1, 0.15) is 37.9 Å². The molecule has 0 aliphatic carbocycles. The van der Waals surface area contributed by atoms with E-state index in [0.29, 0.717) is 5.82 Å². The van der Waals surface area contributed by atoms with Gasteiger partial charge in [-0.05, 0) is 34.7 Å². The minimum absolute atomic E-state index is 0.0142. The average Bonchev–Trinajstić information content (AvgIpc) is 3.29. The standard InChI is InChI=1S/C24H24N4O2/c1-24(2,3)22(21-10-9-18(13-26-21)23-27-15-30-28-23)17-7-5-16(6-8-17)19-11-20(29-4)14-25-12-19/h5-15,22H,1-4H3. The zero-order valence-corrected chi connectivity index (χ0v) is 17.5. The van der Waals surface area contributed by atoms with Gasteiger partial charge < -0.3 is 9.26 Å². The molecule has 3 heterocycles. The van der Waals surface area contributed by atoms with Gasteiger partial charge in [0.15, 0.2) is 0 Å². The predicted molar refractivity (Wildman–Crippen MR) is 115 cm³/mol. The minimum Gasteiger partial charge on any atom is -0.495 e. The third-order valence-electron chi connectivity index (χ3n) is 5.09. The summed E-state index contributed by atoms with van der Waals surface area (Å²) in [5.74, 6) is 1.42. The molecule has 0 radical (unpaired) electrons. The number of aromatic nitrogens is 4. The Kier molecular flexibility index (Phi) is 5.31. The van der Waals surface area contributed by atoms with E-state index in [1.165, 1.54) is 12.0 Å². The quantitative estimate of drug-likeness (QED) is 0.448. The van der Waals surface area contributed by atoms with E-state index >= 15 is 0 Å². The Balaban J connectivity index is 1.66. The van der Waals surface area contributed by atoms with E-state index in [1.54, 1.807) is 19.5 Å². The highest BCUT2D eigenvalue weighted by Crippen LogP contribution is 2.40. The van der Waals surface area contributed by atoms with Crippen LogP contribution in [0.25, 0.3) is 22.5 Å². The first kappa shape index (κ1) is 19.8. The lowest BCUT2D eigenvalue weighted by atomic mass is 9.74. The van der Waals surface area contributed by atoms with Gasteiger partial charge in [-0.3, -0.25) is 9.97 Å². The highest BCUT2D eigenvalue weighted by molar-refractivity contribution is 5.64. The molecule has 0 saturated heterocycles. The average molecular weight is 400 g/mol. The van der Waals surface area contributed by atoms with Crippen molar-refractivity contribution in [3.8, 4) is 28.3 Å². The Morgan fingerprint density at radius 1 is 0.867 bits per heavy atom. The van der Waals surface area contributed by atoms with Crippen molar-refractivity contribution in [1.29, 1.82) is 0 Å². The monoisotopic (exact) mass is 400 g/mol. The highest BCUT2D eigenvalue weighted by atomic mass is 16.5. The zero-order chi connectivity index (χ0) is 21.1. The van der Waals surface area contributed by atoms with Crippen molar-refractivity contribution in [1.82, 2.24) is 20.1 Å². The molecule has 152 valence electrons. The number of nitrogens with zero attached hydrogens (tertiary/aromatic N) is 4. The molecule has 6 heteroatoms. The van der Waals surface area contributed by atoms with Crippen LogP contribution in [-0.4, -0.2) is 27.2 Å². The molecule has 3 aromatic heterocycles. The fourth-order valence-corrected chi connectivity index (χ4v) is 3.68. The van der Waals surface area contributed by atoms with Gasteiger partial charge in [-0.1, -0.05) is 50.2 Å². The van der Waals surface area contributed by atoms with Crippen LogP contribution in [0.5, 0.6) is 5.75 Å². The Labute approximate surface area is 176 Å². The smallest absolute Gasteiger partial charge is 0.214 e. The molecule has 1 aromatic carbocycles. The summed E-state index contributed by atoms with van der Waals surface area (Å²) in [6.45, 7) is 6.69. The molecule has 0 aliphatic heterocycles. The van der Waals surface area contributed by atoms with Crippen LogP contribution in [0.2, 0.25) is 0 Å². The van der Waals surface area contributed by atoms with E-state index < -0.39 is 0 Å². The summed E-state index contributed by atoms with van der Waals surface area (Å²) in [7, 11) is 1.65. The minimum atomic E-state index is -0.0142. The number of hydrogen-bond acceptors (Lipinski definition) is 6. The van der Waals surface area contributed by atoms with Gasteiger partial charge in [-0.25, -0.2) is 0 Å². The molecule has 0 amide bonds. The van der Waals surface area contributed by atoms with Gasteiger partial charge in [-0.2, -0.15) is 4.98 Å². The molecule has 1 unspecified atom stereocenters. The first-order valence-electron chi connectivity index (χ1n) is 9.78. The maximum absolute atomic E-state index is 5.29. The Bertz CT molecular complexity index is 1100. The predicted octanol–water partition coefficient (Wildman–Crippen LogP) is 5.38. The summed E-state index contributed by atoms with van der Waals surface area (Å²) in [5.41, 5.74) is 5.15. The molecular formula is C24H24N4O2. The van der Waals surface area contributed by atoms with Crippen molar-refractivity contribution in [2.75, 3.05) is 7.11 Å². The fourth-order valence-electron chi connectivity index (χ4n) is 3.68. The first-order valence-corrected chi connectivity index (χ1v) is 9.78. The van der Waals surface area contributed by atoms with Crippen LogP contribution >= 0.6 is 0 Å². The van der Waals surface area contributed by atoms with E-state index in [1.807, 2.05) is 24.4 Å². The van der Waals surface area contributed by atoms with Crippen LogP contribution in [0.3, 0.4) is 0 Å². The van der Waals surface area contributed by atoms with E-state index in [4.69, 9.17) is 14.2 Å². The largest absolute Gasteiger partial charge is 0.495 e. The molecule has 6 nitrogen and oxygen atoms in total. The van der Waals surface area contributed by atoms with Crippen molar-refractivity contribution in [3.05, 3.63) is 78.7 Å². The SMILES string of the molecule is COc1cncc(-c2ccc(C(c3ccc(-c4ncon4)cn3)C(C)(C)C)cc2)c1. The third kappa shape index (κ3) is 4.08. The van der Waals surface area contributed by atoms with Gasteiger partial charge in [0.05, 0.1) is 13.3 Å². The summed E-state index contributed by atoms with van der Waals surface area (Å²) >= 11 is 0. The molecular weight excluding hydrogens is 376 g/mol. The second-order valence-corrected chi connectivity index (χ2v) is 8.26. The van der Waals surface area contributed by atoms with Gasteiger partial charge in [-0.15, -0.1) is 0 Å². The number of hydrogen-bond donors (Lipinski definition) is 0. The highest BCUT2D eigenvalue weighted by Gasteiger charge is 2.29. The molecule has 4 aromatic rings. The van der Waals surface area contributed by atoms with Crippen LogP contribution < -0.4 is 4.74 Å². The number of methoxy groups -OCH3 is 1. The van der Waals surface area contributed by atoms with Gasteiger partial charge >= 0.3 is 0 Å². The second kappa shape index (κ2) is 8.06. The van der Waals surface area contributed by atoms with Crippen molar-refractivity contribution < 1.29 is 9.26 Å². The lowest BCUT2D eigenvalue weighted by Gasteiger charge is -2.31. The Hall–Kier alpha value is -3.54. The summed E-state index contributed by atoms with van der Waals surface area (Å²) in [5, 5.41) is 3.88. The summed E-state index contributed by atoms with van der Waals surface area (Å²) in [4.78, 5) is 13.1. The van der Waals surface area contributed by atoms with Crippen molar-refractivity contribution in [2.45, 2.75) is 26.7 Å². The number of rotatable bonds is 5. The molecule has 30 heavy (non-hydrogen) atoms. The maximum Gasteiger partial charge on any atom is 0.214 e. The summed E-state index contributed by atoms with van der Waals surface area (Å²) < 4.78 is 10.1. The lowest BCUT2D eigenvalue weighted by molar-refractivity contribution is 0.353. The Morgan fingerprint density at radius 2 is 1.63 bits per heavy atom. The summed E-state index contributed by atoms with van der Waals surface area (Å²) in [6, 6.07) is 14.6. The second-order valence-electron chi connectivity index (χ2n) is 8.26. The van der Waals surface area contributed by atoms with Crippen molar-refractivity contribution in [3.63, 3.8) is 0 Å². The normalized spacial score (nSPS) is 12.5. The fraction of sp³-hybridized carbons (Fsp3) is 0.250. The van der Waals surface area contributed by atoms with Gasteiger partial charge in [0.1, 0.15) is 5.75 Å². The van der Waals surface area contributed by atoms with E-state index in [9.17, 15) is 0 Å². The molecule has 4 rings (SSSR count). The molecule has 0 N–H and O–H groups in total. The van der Waals surface area contributed by atoms with Crippen molar-refractivity contribution >= 4 is 0 Å². The third-order valence-corrected chi connectivity index (χ3v) is 5.09. The van der Waals surface area contributed by atoms with Crippen molar-refractivity contribution in [2.24, 2.45) is 5.41 Å². The Morgan fingerprint density at radius 3 is 2.23 bits per heavy atom. The molecule has 0 aliphatic rings. The zero-order valence-electron chi connectivity index (χ0n) is 17.5. The van der Waals surface area contributed by atoms with E-state index in [-0.39, 0.29) is 11.3 Å².